The van der Waals surface area contributed by atoms with Crippen molar-refractivity contribution < 1.29 is 0 Å². The van der Waals surface area contributed by atoms with Crippen LogP contribution in [0.2, 0.25) is 5.15 Å². The van der Waals surface area contributed by atoms with Crippen molar-refractivity contribution in [1.82, 2.24) is 9.97 Å². The molecule has 4 heteroatoms. The van der Waals surface area contributed by atoms with E-state index in [0.717, 1.165) is 17.6 Å². The molecule has 1 aliphatic rings. The first-order valence-corrected chi connectivity index (χ1v) is 7.09. The van der Waals surface area contributed by atoms with Crippen LogP contribution in [0.5, 0.6) is 0 Å². The molecule has 1 N–H and O–H groups in total. The van der Waals surface area contributed by atoms with Gasteiger partial charge in [-0.25, -0.2) is 9.97 Å². The SMILES string of the molecule is CCCC1CC1Nc1cc(Cl)nc(C(C)(C)C)n1. The first-order valence-electron chi connectivity index (χ1n) is 6.71. The highest BCUT2D eigenvalue weighted by Gasteiger charge is 2.36. The number of hydrogen-bond donors (Lipinski definition) is 1. The Labute approximate surface area is 114 Å². The fraction of sp³-hybridized carbons (Fsp3) is 0.714. The molecule has 3 nitrogen and oxygen atoms in total. The maximum absolute atomic E-state index is 6.07. The van der Waals surface area contributed by atoms with Gasteiger partial charge in [-0.2, -0.15) is 0 Å². The molecule has 1 aromatic rings. The number of halogens is 1. The number of nitrogens with zero attached hydrogens (tertiary/aromatic N) is 2. The predicted molar refractivity (Wildman–Crippen MR) is 76.2 cm³/mol. The summed E-state index contributed by atoms with van der Waals surface area (Å²) in [6, 6.07) is 2.39. The summed E-state index contributed by atoms with van der Waals surface area (Å²) in [6.45, 7) is 8.52. The Balaban J connectivity index is 2.08. The summed E-state index contributed by atoms with van der Waals surface area (Å²) in [5.41, 5.74) is -0.0757. The second-order valence-corrected chi connectivity index (χ2v) is 6.57. The average Bonchev–Trinajstić information content (AvgIpc) is 2.94. The largest absolute Gasteiger partial charge is 0.367 e. The van der Waals surface area contributed by atoms with Crippen molar-refractivity contribution in [3.63, 3.8) is 0 Å². The van der Waals surface area contributed by atoms with E-state index in [4.69, 9.17) is 11.6 Å². The lowest BCUT2D eigenvalue weighted by atomic mass is 9.96. The molecule has 1 fully saturated rings. The predicted octanol–water partition coefficient (Wildman–Crippen LogP) is 4.03. The Morgan fingerprint density at radius 1 is 1.39 bits per heavy atom. The number of aromatic nitrogens is 2. The third-order valence-electron chi connectivity index (χ3n) is 3.28. The highest BCUT2D eigenvalue weighted by Crippen LogP contribution is 2.37. The van der Waals surface area contributed by atoms with Gasteiger partial charge in [0.1, 0.15) is 16.8 Å². The first kappa shape index (κ1) is 13.6. The number of hydrogen-bond acceptors (Lipinski definition) is 3. The molecule has 0 bridgehead atoms. The van der Waals surface area contributed by atoms with Gasteiger partial charge >= 0.3 is 0 Å². The van der Waals surface area contributed by atoms with Crippen molar-refractivity contribution >= 4 is 17.4 Å². The van der Waals surface area contributed by atoms with Crippen LogP contribution in [0.15, 0.2) is 6.07 Å². The number of nitrogens with one attached hydrogen (secondary N) is 1. The van der Waals surface area contributed by atoms with Gasteiger partial charge in [-0.1, -0.05) is 45.7 Å². The van der Waals surface area contributed by atoms with E-state index in [9.17, 15) is 0 Å². The van der Waals surface area contributed by atoms with Crippen LogP contribution in [0.3, 0.4) is 0 Å². The Morgan fingerprint density at radius 2 is 2.11 bits per heavy atom. The first-order chi connectivity index (χ1) is 8.40. The Morgan fingerprint density at radius 3 is 2.72 bits per heavy atom. The molecule has 0 saturated heterocycles. The lowest BCUT2D eigenvalue weighted by molar-refractivity contribution is 0.545. The van der Waals surface area contributed by atoms with Gasteiger partial charge in [-0.3, -0.25) is 0 Å². The standard InChI is InChI=1S/C14H22ClN3/c1-5-6-9-7-10(9)16-12-8-11(15)17-13(18-12)14(2,3)4/h8-10H,5-7H2,1-4H3,(H,16,17,18). The molecule has 0 amide bonds. The quantitative estimate of drug-likeness (QED) is 0.837. The summed E-state index contributed by atoms with van der Waals surface area (Å²) in [5.74, 6) is 2.47. The van der Waals surface area contributed by atoms with Crippen molar-refractivity contribution in [2.75, 3.05) is 5.32 Å². The highest BCUT2D eigenvalue weighted by atomic mass is 35.5. The fourth-order valence-electron chi connectivity index (χ4n) is 2.13. The summed E-state index contributed by atoms with van der Waals surface area (Å²) in [4.78, 5) is 8.88. The van der Waals surface area contributed by atoms with Gasteiger partial charge in [0.05, 0.1) is 0 Å². The molecule has 1 heterocycles. The normalized spacial score (nSPS) is 22.9. The summed E-state index contributed by atoms with van der Waals surface area (Å²) < 4.78 is 0. The number of rotatable bonds is 4. The molecule has 1 saturated carbocycles. The molecular weight excluding hydrogens is 246 g/mol. The van der Waals surface area contributed by atoms with E-state index >= 15 is 0 Å². The van der Waals surface area contributed by atoms with E-state index in [1.165, 1.54) is 19.3 Å². The Hall–Kier alpha value is -0.830. The molecule has 1 aromatic heterocycles. The topological polar surface area (TPSA) is 37.8 Å². The fourth-order valence-corrected chi connectivity index (χ4v) is 2.31. The lowest BCUT2D eigenvalue weighted by Gasteiger charge is -2.17. The maximum atomic E-state index is 6.07. The van der Waals surface area contributed by atoms with E-state index < -0.39 is 0 Å². The zero-order valence-corrected chi connectivity index (χ0v) is 12.4. The van der Waals surface area contributed by atoms with Crippen LogP contribution in [0.4, 0.5) is 5.82 Å². The zero-order valence-electron chi connectivity index (χ0n) is 11.6. The Bertz CT molecular complexity index is 426. The van der Waals surface area contributed by atoms with Crippen molar-refractivity contribution in [3.05, 3.63) is 17.0 Å². The third kappa shape index (κ3) is 3.35. The molecule has 0 spiro atoms. The number of anilines is 1. The van der Waals surface area contributed by atoms with Gasteiger partial charge in [-0.15, -0.1) is 0 Å². The monoisotopic (exact) mass is 267 g/mol. The molecule has 100 valence electrons. The van der Waals surface area contributed by atoms with Gasteiger partial charge in [0.2, 0.25) is 0 Å². The van der Waals surface area contributed by atoms with E-state index in [-0.39, 0.29) is 5.41 Å². The van der Waals surface area contributed by atoms with Crippen LogP contribution in [0.1, 0.15) is 52.8 Å². The highest BCUT2D eigenvalue weighted by molar-refractivity contribution is 6.29. The van der Waals surface area contributed by atoms with Crippen molar-refractivity contribution in [2.45, 2.75) is 58.4 Å². The minimum absolute atomic E-state index is 0.0757. The smallest absolute Gasteiger partial charge is 0.137 e. The van der Waals surface area contributed by atoms with Gasteiger partial charge in [0.15, 0.2) is 0 Å². The third-order valence-corrected chi connectivity index (χ3v) is 3.47. The van der Waals surface area contributed by atoms with Crippen LogP contribution in [-0.2, 0) is 5.41 Å². The molecule has 2 rings (SSSR count). The summed E-state index contributed by atoms with van der Waals surface area (Å²) in [5, 5.41) is 3.99. The lowest BCUT2D eigenvalue weighted by Crippen LogP contribution is -2.18. The van der Waals surface area contributed by atoms with Gasteiger partial charge in [0.25, 0.3) is 0 Å². The Kier molecular flexibility index (Phi) is 3.81. The molecule has 2 atom stereocenters. The molecular formula is C14H22ClN3. The van der Waals surface area contributed by atoms with Crippen LogP contribution < -0.4 is 5.32 Å². The minimum Gasteiger partial charge on any atom is -0.367 e. The van der Waals surface area contributed by atoms with Gasteiger partial charge in [0, 0.05) is 17.5 Å². The zero-order chi connectivity index (χ0) is 13.3. The molecule has 0 radical (unpaired) electrons. The average molecular weight is 268 g/mol. The van der Waals surface area contributed by atoms with Gasteiger partial charge in [-0.05, 0) is 18.8 Å². The van der Waals surface area contributed by atoms with Crippen LogP contribution in [0.25, 0.3) is 0 Å². The summed E-state index contributed by atoms with van der Waals surface area (Å²) >= 11 is 6.07. The molecule has 2 unspecified atom stereocenters. The van der Waals surface area contributed by atoms with Crippen LogP contribution >= 0.6 is 11.6 Å². The van der Waals surface area contributed by atoms with E-state index in [0.29, 0.717) is 11.2 Å². The maximum Gasteiger partial charge on any atom is 0.137 e. The van der Waals surface area contributed by atoms with Crippen molar-refractivity contribution in [3.8, 4) is 0 Å². The second-order valence-electron chi connectivity index (χ2n) is 6.18. The molecule has 0 aromatic carbocycles. The van der Waals surface area contributed by atoms with Crippen molar-refractivity contribution in [2.24, 2.45) is 5.92 Å². The van der Waals surface area contributed by atoms with E-state index in [1.54, 1.807) is 0 Å². The van der Waals surface area contributed by atoms with E-state index in [2.05, 4.69) is 43.0 Å². The van der Waals surface area contributed by atoms with Crippen LogP contribution in [-0.4, -0.2) is 16.0 Å². The summed E-state index contributed by atoms with van der Waals surface area (Å²) in [6.07, 6.45) is 3.80. The van der Waals surface area contributed by atoms with Gasteiger partial charge < -0.3 is 5.32 Å². The van der Waals surface area contributed by atoms with Crippen LogP contribution in [0, 0.1) is 5.92 Å². The molecule has 0 aliphatic heterocycles. The molecule has 18 heavy (non-hydrogen) atoms. The summed E-state index contributed by atoms with van der Waals surface area (Å²) in [7, 11) is 0. The van der Waals surface area contributed by atoms with E-state index in [1.807, 2.05) is 6.07 Å². The minimum atomic E-state index is -0.0757. The van der Waals surface area contributed by atoms with Crippen molar-refractivity contribution in [1.29, 1.82) is 0 Å². The molecule has 1 aliphatic carbocycles. The second kappa shape index (κ2) is 5.04.